The van der Waals surface area contributed by atoms with Crippen LogP contribution >= 0.6 is 0 Å². The SMILES string of the molecule is COc1cc(C)c(C(=O)NC2CCc3ccc(C(=O)N4CCC5(CC4)CCN(c4cccnc4)CC5)cc32)c(C)c1. The fraction of sp³-hybridized carbons (Fsp3) is 0.441. The number of likely N-dealkylation sites (tertiary alicyclic amines) is 1. The molecule has 0 bridgehead atoms. The second kappa shape index (κ2) is 11.2. The van der Waals surface area contributed by atoms with Gasteiger partial charge in [-0.1, -0.05) is 6.07 Å². The summed E-state index contributed by atoms with van der Waals surface area (Å²) in [5, 5.41) is 3.26. The van der Waals surface area contributed by atoms with Gasteiger partial charge in [-0.15, -0.1) is 0 Å². The normalized spacial score (nSPS) is 19.6. The average molecular weight is 553 g/mol. The number of piperidine rings is 2. The number of nitrogens with zero attached hydrogens (tertiary/aromatic N) is 3. The van der Waals surface area contributed by atoms with E-state index in [-0.39, 0.29) is 17.9 Å². The molecule has 1 N–H and O–H groups in total. The molecule has 1 aromatic heterocycles. The average Bonchev–Trinajstić information content (AvgIpc) is 3.39. The summed E-state index contributed by atoms with van der Waals surface area (Å²) in [6, 6.07) is 13.9. The van der Waals surface area contributed by atoms with Crippen LogP contribution in [0.4, 0.5) is 5.69 Å². The zero-order valence-electron chi connectivity index (χ0n) is 24.4. The lowest BCUT2D eigenvalue weighted by atomic mass is 9.71. The maximum absolute atomic E-state index is 13.6. The smallest absolute Gasteiger partial charge is 0.253 e. The van der Waals surface area contributed by atoms with Crippen molar-refractivity contribution in [2.75, 3.05) is 38.2 Å². The summed E-state index contributed by atoms with van der Waals surface area (Å²) in [4.78, 5) is 35.7. The molecule has 7 nitrogen and oxygen atoms in total. The summed E-state index contributed by atoms with van der Waals surface area (Å²) in [5.74, 6) is 0.784. The van der Waals surface area contributed by atoms with Gasteiger partial charge in [-0.05, 0) is 116 Å². The van der Waals surface area contributed by atoms with Gasteiger partial charge in [-0.25, -0.2) is 0 Å². The first-order valence-electron chi connectivity index (χ1n) is 14.9. The lowest BCUT2D eigenvalue weighted by Crippen LogP contribution is -2.48. The molecule has 7 heteroatoms. The predicted molar refractivity (Wildman–Crippen MR) is 161 cm³/mol. The van der Waals surface area contributed by atoms with Crippen LogP contribution in [0, 0.1) is 19.3 Å². The Morgan fingerprint density at radius 2 is 1.68 bits per heavy atom. The Morgan fingerprint density at radius 1 is 0.976 bits per heavy atom. The van der Waals surface area contributed by atoms with Crippen LogP contribution < -0.4 is 15.0 Å². The first kappa shape index (κ1) is 27.3. The lowest BCUT2D eigenvalue weighted by Gasteiger charge is -2.47. The third kappa shape index (κ3) is 5.42. The molecule has 3 aromatic rings. The summed E-state index contributed by atoms with van der Waals surface area (Å²) >= 11 is 0. The molecular formula is C34H40N4O3. The van der Waals surface area contributed by atoms with Crippen LogP contribution in [0.15, 0.2) is 54.9 Å². The number of amides is 2. The van der Waals surface area contributed by atoms with Crippen LogP contribution in [0.2, 0.25) is 0 Å². The van der Waals surface area contributed by atoms with Gasteiger partial charge in [0.25, 0.3) is 11.8 Å². The van der Waals surface area contributed by atoms with Crippen molar-refractivity contribution in [2.45, 2.75) is 58.4 Å². The third-order valence-corrected chi connectivity index (χ3v) is 9.69. The Bertz CT molecular complexity index is 1410. The highest BCUT2D eigenvalue weighted by molar-refractivity contribution is 5.98. The van der Waals surface area contributed by atoms with E-state index in [4.69, 9.17) is 4.74 Å². The number of nitrogens with one attached hydrogen (secondary N) is 1. The molecular weight excluding hydrogens is 512 g/mol. The number of anilines is 1. The molecule has 214 valence electrons. The molecule has 2 fully saturated rings. The van der Waals surface area contributed by atoms with Crippen molar-refractivity contribution in [3.63, 3.8) is 0 Å². The molecule has 1 unspecified atom stereocenters. The van der Waals surface area contributed by atoms with E-state index >= 15 is 0 Å². The van der Waals surface area contributed by atoms with E-state index in [1.807, 2.05) is 61.5 Å². The molecule has 3 aliphatic rings. The van der Waals surface area contributed by atoms with E-state index in [9.17, 15) is 9.59 Å². The van der Waals surface area contributed by atoms with Crippen molar-refractivity contribution in [2.24, 2.45) is 5.41 Å². The highest BCUT2D eigenvalue weighted by atomic mass is 16.5. The molecule has 1 aliphatic carbocycles. The first-order chi connectivity index (χ1) is 19.9. The van der Waals surface area contributed by atoms with Gasteiger partial charge in [0.2, 0.25) is 0 Å². The van der Waals surface area contributed by atoms with Gasteiger partial charge in [0, 0.05) is 43.5 Å². The standard InChI is InChI=1S/C34H40N4O3/c1-23-19-28(41-3)20-24(2)31(23)32(39)36-30-9-8-25-6-7-26(21-29(25)30)33(40)38-17-12-34(13-18-38)10-15-37(16-11-34)27-5-4-14-35-22-27/h4-7,14,19-22,30H,8-13,15-18H2,1-3H3,(H,36,39). The number of benzene rings is 2. The minimum atomic E-state index is -0.0965. The monoisotopic (exact) mass is 552 g/mol. The van der Waals surface area contributed by atoms with E-state index in [2.05, 4.69) is 27.3 Å². The second-order valence-corrected chi connectivity index (χ2v) is 12.1. The summed E-state index contributed by atoms with van der Waals surface area (Å²) in [5.41, 5.74) is 7.04. The van der Waals surface area contributed by atoms with Gasteiger partial charge < -0.3 is 19.9 Å². The fourth-order valence-electron chi connectivity index (χ4n) is 7.16. The van der Waals surface area contributed by atoms with Gasteiger partial charge in [-0.2, -0.15) is 0 Å². The van der Waals surface area contributed by atoms with E-state index < -0.39 is 0 Å². The number of hydrogen-bond acceptors (Lipinski definition) is 5. The first-order valence-corrected chi connectivity index (χ1v) is 14.9. The van der Waals surface area contributed by atoms with Crippen LogP contribution in [0.5, 0.6) is 5.75 Å². The maximum atomic E-state index is 13.6. The minimum Gasteiger partial charge on any atom is -0.497 e. The Labute approximate surface area is 242 Å². The number of fused-ring (bicyclic) bond motifs is 1. The number of carbonyl (C=O) groups excluding carboxylic acids is 2. The van der Waals surface area contributed by atoms with Gasteiger partial charge in [-0.3, -0.25) is 14.6 Å². The molecule has 0 saturated carbocycles. The number of aromatic nitrogens is 1. The molecule has 2 aliphatic heterocycles. The summed E-state index contributed by atoms with van der Waals surface area (Å²) in [6.45, 7) is 7.59. The zero-order chi connectivity index (χ0) is 28.6. The summed E-state index contributed by atoms with van der Waals surface area (Å²) in [6.07, 6.45) is 9.96. The largest absolute Gasteiger partial charge is 0.497 e. The number of carbonyl (C=O) groups is 2. The highest BCUT2D eigenvalue weighted by Gasteiger charge is 2.39. The summed E-state index contributed by atoms with van der Waals surface area (Å²) in [7, 11) is 1.64. The van der Waals surface area contributed by atoms with E-state index in [1.165, 1.54) is 11.3 Å². The molecule has 1 atom stereocenters. The Kier molecular flexibility index (Phi) is 7.45. The van der Waals surface area contributed by atoms with Crippen LogP contribution in [-0.4, -0.2) is 55.0 Å². The van der Waals surface area contributed by atoms with Crippen LogP contribution in [-0.2, 0) is 6.42 Å². The molecule has 2 aromatic carbocycles. The number of rotatable bonds is 5. The number of methoxy groups -OCH3 is 1. The van der Waals surface area contributed by atoms with Gasteiger partial charge in [0.1, 0.15) is 5.75 Å². The Morgan fingerprint density at radius 3 is 2.34 bits per heavy atom. The Balaban J connectivity index is 1.09. The molecule has 0 radical (unpaired) electrons. The highest BCUT2D eigenvalue weighted by Crippen LogP contribution is 2.42. The van der Waals surface area contributed by atoms with E-state index in [0.29, 0.717) is 11.0 Å². The molecule has 2 saturated heterocycles. The van der Waals surface area contributed by atoms with Crippen LogP contribution in [0.1, 0.15) is 81.1 Å². The number of hydrogen-bond donors (Lipinski definition) is 1. The van der Waals surface area contributed by atoms with Crippen molar-refractivity contribution in [1.29, 1.82) is 0 Å². The van der Waals surface area contributed by atoms with Gasteiger partial charge >= 0.3 is 0 Å². The van der Waals surface area contributed by atoms with Crippen molar-refractivity contribution in [1.82, 2.24) is 15.2 Å². The van der Waals surface area contributed by atoms with Crippen molar-refractivity contribution >= 4 is 17.5 Å². The quantitative estimate of drug-likeness (QED) is 0.443. The molecule has 1 spiro atoms. The van der Waals surface area contributed by atoms with Crippen molar-refractivity contribution in [3.05, 3.63) is 88.2 Å². The minimum absolute atomic E-state index is 0.0758. The number of aryl methyl sites for hydroxylation is 3. The molecule has 41 heavy (non-hydrogen) atoms. The van der Waals surface area contributed by atoms with Crippen LogP contribution in [0.25, 0.3) is 0 Å². The third-order valence-electron chi connectivity index (χ3n) is 9.69. The summed E-state index contributed by atoms with van der Waals surface area (Å²) < 4.78 is 5.36. The lowest BCUT2D eigenvalue weighted by molar-refractivity contribution is 0.0515. The van der Waals surface area contributed by atoms with Gasteiger partial charge in [0.15, 0.2) is 0 Å². The van der Waals surface area contributed by atoms with E-state index in [0.717, 1.165) is 92.7 Å². The van der Waals surface area contributed by atoms with Crippen molar-refractivity contribution in [3.8, 4) is 5.75 Å². The maximum Gasteiger partial charge on any atom is 0.253 e. The zero-order valence-corrected chi connectivity index (χ0v) is 24.4. The molecule has 2 amide bonds. The van der Waals surface area contributed by atoms with Gasteiger partial charge in [0.05, 0.1) is 25.0 Å². The second-order valence-electron chi connectivity index (χ2n) is 12.1. The van der Waals surface area contributed by atoms with Crippen molar-refractivity contribution < 1.29 is 14.3 Å². The Hall–Kier alpha value is -3.87. The predicted octanol–water partition coefficient (Wildman–Crippen LogP) is 5.65. The molecule has 3 heterocycles. The number of pyridine rings is 1. The molecule has 6 rings (SSSR count). The fourth-order valence-corrected chi connectivity index (χ4v) is 7.16. The van der Waals surface area contributed by atoms with Crippen LogP contribution in [0.3, 0.4) is 0 Å². The van der Waals surface area contributed by atoms with E-state index in [1.54, 1.807) is 7.11 Å². The number of ether oxygens (including phenoxy) is 1. The topological polar surface area (TPSA) is 74.8 Å².